The van der Waals surface area contributed by atoms with Gasteiger partial charge >= 0.3 is 0 Å². The van der Waals surface area contributed by atoms with Crippen LogP contribution in [0.1, 0.15) is 23.7 Å². The van der Waals surface area contributed by atoms with Crippen LogP contribution < -0.4 is 4.74 Å². The predicted octanol–water partition coefficient (Wildman–Crippen LogP) is 2.31. The van der Waals surface area contributed by atoms with Crippen molar-refractivity contribution in [3.05, 3.63) is 24.0 Å². The number of fused-ring (bicyclic) bond motifs is 1. The Labute approximate surface area is 103 Å². The maximum absolute atomic E-state index is 11.9. The van der Waals surface area contributed by atoms with Gasteiger partial charge in [0.15, 0.2) is 5.78 Å². The second kappa shape index (κ2) is 4.52. The van der Waals surface area contributed by atoms with E-state index < -0.39 is 5.78 Å². The Morgan fingerprint density at radius 3 is 2.78 bits per heavy atom. The van der Waals surface area contributed by atoms with Crippen LogP contribution in [-0.2, 0) is 4.79 Å². The summed E-state index contributed by atoms with van der Waals surface area (Å²) in [7, 11) is 1.39. The zero-order chi connectivity index (χ0) is 13.3. The fraction of sp³-hybridized carbons (Fsp3) is 0.231. The van der Waals surface area contributed by atoms with Gasteiger partial charge in [0.1, 0.15) is 28.4 Å². The highest BCUT2D eigenvalue weighted by Gasteiger charge is 2.22. The molecule has 0 bridgehead atoms. The van der Waals surface area contributed by atoms with Gasteiger partial charge in [-0.25, -0.2) is 0 Å². The highest BCUT2D eigenvalue weighted by atomic mass is 16.5. The SMILES string of the molecule is COc1c(C(=O)CC(C)=O)c(O)cc2occc12. The minimum absolute atomic E-state index is 0.0154. The largest absolute Gasteiger partial charge is 0.507 e. The molecule has 2 rings (SSSR count). The predicted molar refractivity (Wildman–Crippen MR) is 64.1 cm³/mol. The maximum atomic E-state index is 11.9. The van der Waals surface area contributed by atoms with Crippen molar-refractivity contribution in [1.82, 2.24) is 0 Å². The molecule has 94 valence electrons. The Morgan fingerprint density at radius 1 is 1.44 bits per heavy atom. The summed E-state index contributed by atoms with van der Waals surface area (Å²) >= 11 is 0. The van der Waals surface area contributed by atoms with E-state index in [-0.39, 0.29) is 29.3 Å². The van der Waals surface area contributed by atoms with E-state index >= 15 is 0 Å². The van der Waals surface area contributed by atoms with E-state index in [1.165, 1.54) is 26.4 Å². The molecular formula is C13H12O5. The summed E-state index contributed by atoms with van der Waals surface area (Å²) in [6.45, 7) is 1.32. The van der Waals surface area contributed by atoms with Gasteiger partial charge in [-0.3, -0.25) is 9.59 Å². The topological polar surface area (TPSA) is 76.7 Å². The number of ketones is 2. The third kappa shape index (κ3) is 1.95. The Hall–Kier alpha value is -2.30. The molecule has 18 heavy (non-hydrogen) atoms. The number of phenols is 1. The molecule has 0 radical (unpaired) electrons. The highest BCUT2D eigenvalue weighted by molar-refractivity contribution is 6.13. The van der Waals surface area contributed by atoms with Crippen molar-refractivity contribution in [2.75, 3.05) is 7.11 Å². The molecule has 5 heteroatoms. The van der Waals surface area contributed by atoms with Gasteiger partial charge in [-0.05, 0) is 13.0 Å². The van der Waals surface area contributed by atoms with Gasteiger partial charge < -0.3 is 14.3 Å². The molecule has 0 saturated heterocycles. The molecule has 1 N–H and O–H groups in total. The molecule has 0 aliphatic rings. The van der Waals surface area contributed by atoms with E-state index in [4.69, 9.17) is 9.15 Å². The molecule has 0 saturated carbocycles. The number of benzene rings is 1. The standard InChI is InChI=1S/C13H12O5/c1-7(14)5-9(15)12-10(16)6-11-8(3-4-18-11)13(12)17-2/h3-4,6,16H,5H2,1-2H3. The number of phenolic OH excluding ortho intramolecular Hbond substituents is 1. The zero-order valence-corrected chi connectivity index (χ0v) is 10.0. The van der Waals surface area contributed by atoms with Crippen LogP contribution in [0.5, 0.6) is 11.5 Å². The molecule has 0 aliphatic heterocycles. The third-order valence-corrected chi connectivity index (χ3v) is 2.58. The van der Waals surface area contributed by atoms with Crippen LogP contribution in [0.3, 0.4) is 0 Å². The molecule has 0 atom stereocenters. The van der Waals surface area contributed by atoms with Crippen molar-refractivity contribution in [1.29, 1.82) is 0 Å². The highest BCUT2D eigenvalue weighted by Crippen LogP contribution is 2.37. The minimum Gasteiger partial charge on any atom is -0.507 e. The Morgan fingerprint density at radius 2 is 2.17 bits per heavy atom. The van der Waals surface area contributed by atoms with Crippen LogP contribution in [0.2, 0.25) is 0 Å². The van der Waals surface area contributed by atoms with Crippen molar-refractivity contribution in [2.24, 2.45) is 0 Å². The van der Waals surface area contributed by atoms with Gasteiger partial charge in [-0.2, -0.15) is 0 Å². The van der Waals surface area contributed by atoms with Gasteiger partial charge in [0.05, 0.1) is 25.2 Å². The van der Waals surface area contributed by atoms with Crippen LogP contribution in [0.15, 0.2) is 22.8 Å². The number of hydrogen-bond donors (Lipinski definition) is 1. The number of hydrogen-bond acceptors (Lipinski definition) is 5. The van der Waals surface area contributed by atoms with Crippen molar-refractivity contribution >= 4 is 22.5 Å². The Balaban J connectivity index is 2.64. The molecule has 1 aromatic carbocycles. The van der Waals surface area contributed by atoms with Crippen molar-refractivity contribution in [3.8, 4) is 11.5 Å². The normalized spacial score (nSPS) is 10.6. The first-order chi connectivity index (χ1) is 8.54. The molecule has 1 heterocycles. The lowest BCUT2D eigenvalue weighted by Crippen LogP contribution is -2.07. The number of ether oxygens (including phenoxy) is 1. The lowest BCUT2D eigenvalue weighted by Gasteiger charge is -2.09. The summed E-state index contributed by atoms with van der Waals surface area (Å²) in [5.74, 6) is -0.765. The molecule has 1 aromatic heterocycles. The van der Waals surface area contributed by atoms with Crippen molar-refractivity contribution in [2.45, 2.75) is 13.3 Å². The molecule has 0 unspecified atom stereocenters. The first kappa shape index (κ1) is 12.2. The molecule has 0 amide bonds. The maximum Gasteiger partial charge on any atom is 0.177 e. The van der Waals surface area contributed by atoms with Gasteiger partial charge in [-0.15, -0.1) is 0 Å². The Kier molecular flexibility index (Phi) is 3.06. The number of aromatic hydroxyl groups is 1. The number of Topliss-reactive ketones (excluding diaryl/α,β-unsaturated/α-hetero) is 2. The van der Waals surface area contributed by atoms with Gasteiger partial charge in [0.2, 0.25) is 0 Å². The van der Waals surface area contributed by atoms with Crippen molar-refractivity contribution in [3.63, 3.8) is 0 Å². The molecule has 0 aliphatic carbocycles. The van der Waals surface area contributed by atoms with Crippen LogP contribution in [0.4, 0.5) is 0 Å². The summed E-state index contributed by atoms with van der Waals surface area (Å²) in [5.41, 5.74) is 0.435. The van der Waals surface area contributed by atoms with Gasteiger partial charge in [-0.1, -0.05) is 0 Å². The first-order valence-electron chi connectivity index (χ1n) is 5.34. The van der Waals surface area contributed by atoms with E-state index in [9.17, 15) is 14.7 Å². The third-order valence-electron chi connectivity index (χ3n) is 2.58. The molecule has 5 nitrogen and oxygen atoms in total. The average molecular weight is 248 g/mol. The summed E-state index contributed by atoms with van der Waals surface area (Å²) in [5, 5.41) is 10.4. The lowest BCUT2D eigenvalue weighted by atomic mass is 10.0. The van der Waals surface area contributed by atoms with Crippen LogP contribution in [-0.4, -0.2) is 23.8 Å². The first-order valence-corrected chi connectivity index (χ1v) is 5.34. The lowest BCUT2D eigenvalue weighted by molar-refractivity contribution is -0.116. The molecule has 0 fully saturated rings. The molecule has 2 aromatic rings. The fourth-order valence-electron chi connectivity index (χ4n) is 1.86. The second-order valence-corrected chi connectivity index (χ2v) is 3.94. The summed E-state index contributed by atoms with van der Waals surface area (Å²) in [6, 6.07) is 2.98. The zero-order valence-electron chi connectivity index (χ0n) is 10.0. The second-order valence-electron chi connectivity index (χ2n) is 3.94. The quantitative estimate of drug-likeness (QED) is 0.663. The fourth-order valence-corrected chi connectivity index (χ4v) is 1.86. The smallest absolute Gasteiger partial charge is 0.177 e. The van der Waals surface area contributed by atoms with E-state index in [2.05, 4.69) is 0 Å². The summed E-state index contributed by atoms with van der Waals surface area (Å²) < 4.78 is 10.3. The van der Waals surface area contributed by atoms with Gasteiger partial charge in [0, 0.05) is 6.07 Å². The summed E-state index contributed by atoms with van der Waals surface area (Å²) in [4.78, 5) is 22.9. The van der Waals surface area contributed by atoms with E-state index in [1.54, 1.807) is 6.07 Å². The summed E-state index contributed by atoms with van der Waals surface area (Å²) in [6.07, 6.45) is 1.17. The molecule has 0 spiro atoms. The number of furan rings is 1. The van der Waals surface area contributed by atoms with Crippen LogP contribution in [0.25, 0.3) is 11.0 Å². The molecular weight excluding hydrogens is 236 g/mol. The number of rotatable bonds is 4. The van der Waals surface area contributed by atoms with Gasteiger partial charge in [0.25, 0.3) is 0 Å². The minimum atomic E-state index is -0.472. The number of carbonyl (C=O) groups excluding carboxylic acids is 2. The van der Waals surface area contributed by atoms with Crippen LogP contribution in [0, 0.1) is 0 Å². The average Bonchev–Trinajstić information content (AvgIpc) is 2.73. The van der Waals surface area contributed by atoms with E-state index in [0.717, 1.165) is 0 Å². The monoisotopic (exact) mass is 248 g/mol. The van der Waals surface area contributed by atoms with E-state index in [0.29, 0.717) is 11.0 Å². The van der Waals surface area contributed by atoms with E-state index in [1.807, 2.05) is 0 Å². The van der Waals surface area contributed by atoms with Crippen molar-refractivity contribution < 1.29 is 23.8 Å². The Bertz CT molecular complexity index is 624. The number of methoxy groups -OCH3 is 1. The van der Waals surface area contributed by atoms with Crippen LogP contribution >= 0.6 is 0 Å². The number of carbonyl (C=O) groups is 2.